The molecular weight excluding hydrogens is 507 g/mol. The van der Waals surface area contributed by atoms with Crippen molar-refractivity contribution in [3.63, 3.8) is 0 Å². The molecule has 0 saturated heterocycles. The third-order valence-corrected chi connectivity index (χ3v) is 8.34. The zero-order valence-electron chi connectivity index (χ0n) is 20.7. The molecule has 1 N–H and O–H groups in total. The summed E-state index contributed by atoms with van der Waals surface area (Å²) < 4.78 is 41.6. The van der Waals surface area contributed by atoms with Crippen LogP contribution in [0, 0.1) is 5.82 Å². The van der Waals surface area contributed by atoms with Gasteiger partial charge in [-0.05, 0) is 61.7 Å². The molecule has 1 aliphatic carbocycles. The molecule has 1 fully saturated rings. The van der Waals surface area contributed by atoms with Crippen LogP contribution >= 0.6 is 11.6 Å². The molecule has 0 bridgehead atoms. The van der Waals surface area contributed by atoms with Gasteiger partial charge in [-0.3, -0.25) is 9.59 Å². The van der Waals surface area contributed by atoms with E-state index in [2.05, 4.69) is 5.32 Å². The van der Waals surface area contributed by atoms with E-state index in [1.807, 2.05) is 0 Å². The van der Waals surface area contributed by atoms with E-state index in [9.17, 15) is 22.4 Å². The molecule has 36 heavy (non-hydrogen) atoms. The fourth-order valence-electron chi connectivity index (χ4n) is 4.09. The first-order valence-corrected chi connectivity index (χ1v) is 13.6. The van der Waals surface area contributed by atoms with Crippen LogP contribution in [0.5, 0.6) is 0 Å². The summed E-state index contributed by atoms with van der Waals surface area (Å²) in [4.78, 5) is 28.1. The van der Waals surface area contributed by atoms with Crippen molar-refractivity contribution >= 4 is 39.3 Å². The maximum absolute atomic E-state index is 13.6. The van der Waals surface area contributed by atoms with Gasteiger partial charge in [0.05, 0.1) is 5.69 Å². The number of benzene rings is 2. The molecule has 2 aromatic carbocycles. The number of nitrogens with zero attached hydrogens (tertiary/aromatic N) is 3. The Bertz CT molecular complexity index is 1150. The number of carbonyl (C=O) groups is 2. The number of nitrogens with one attached hydrogen (secondary N) is 1. The van der Waals surface area contributed by atoms with E-state index in [1.165, 1.54) is 31.1 Å². The zero-order valence-corrected chi connectivity index (χ0v) is 22.2. The Morgan fingerprint density at radius 2 is 1.64 bits per heavy atom. The first kappa shape index (κ1) is 27.9. The van der Waals surface area contributed by atoms with Crippen LogP contribution in [0.25, 0.3) is 0 Å². The monoisotopic (exact) mass is 538 g/mol. The van der Waals surface area contributed by atoms with Crippen molar-refractivity contribution in [2.24, 2.45) is 0 Å². The van der Waals surface area contributed by atoms with Gasteiger partial charge in [-0.2, -0.15) is 12.7 Å². The molecule has 3 rings (SSSR count). The second-order valence-corrected chi connectivity index (χ2v) is 11.6. The van der Waals surface area contributed by atoms with E-state index in [0.717, 1.165) is 52.0 Å². The van der Waals surface area contributed by atoms with Crippen molar-refractivity contribution in [1.29, 1.82) is 0 Å². The molecule has 0 aromatic heterocycles. The highest BCUT2D eigenvalue weighted by atomic mass is 35.5. The largest absolute Gasteiger partial charge is 0.352 e. The summed E-state index contributed by atoms with van der Waals surface area (Å²) in [6.07, 6.45) is 3.87. The van der Waals surface area contributed by atoms with Crippen LogP contribution in [0.3, 0.4) is 0 Å². The van der Waals surface area contributed by atoms with Gasteiger partial charge in [0.1, 0.15) is 18.4 Å². The quantitative estimate of drug-likeness (QED) is 0.501. The molecular formula is C25H32ClFN4O4S. The smallest absolute Gasteiger partial charge is 0.304 e. The van der Waals surface area contributed by atoms with Gasteiger partial charge in [0.15, 0.2) is 0 Å². The molecule has 11 heteroatoms. The Morgan fingerprint density at radius 1 is 1.06 bits per heavy atom. The SMILES string of the molecule is C[C@@H](C(=O)NC1CCCC1)N(Cc1ccc(Cl)cc1)C(=O)CN(c1ccc(F)cc1)S(=O)(=O)N(C)C. The lowest BCUT2D eigenvalue weighted by atomic mass is 10.1. The van der Waals surface area contributed by atoms with Crippen molar-refractivity contribution in [3.05, 3.63) is 64.9 Å². The van der Waals surface area contributed by atoms with Crippen LogP contribution in [-0.4, -0.2) is 62.2 Å². The van der Waals surface area contributed by atoms with Gasteiger partial charge in [0, 0.05) is 31.7 Å². The van der Waals surface area contributed by atoms with E-state index in [4.69, 9.17) is 11.6 Å². The fourth-order valence-corrected chi connectivity index (χ4v) is 5.27. The van der Waals surface area contributed by atoms with Crippen molar-refractivity contribution < 1.29 is 22.4 Å². The molecule has 0 radical (unpaired) electrons. The lowest BCUT2D eigenvalue weighted by Crippen LogP contribution is -2.53. The Kier molecular flexibility index (Phi) is 9.32. The summed E-state index contributed by atoms with van der Waals surface area (Å²) >= 11 is 6.00. The summed E-state index contributed by atoms with van der Waals surface area (Å²) in [6, 6.07) is 10.9. The number of hydrogen-bond donors (Lipinski definition) is 1. The van der Waals surface area contributed by atoms with Crippen LogP contribution < -0.4 is 9.62 Å². The first-order chi connectivity index (χ1) is 17.0. The van der Waals surface area contributed by atoms with Gasteiger partial charge in [0.25, 0.3) is 0 Å². The minimum absolute atomic E-state index is 0.0669. The molecule has 196 valence electrons. The maximum Gasteiger partial charge on any atom is 0.304 e. The fraction of sp³-hybridized carbons (Fsp3) is 0.440. The Balaban J connectivity index is 1.91. The summed E-state index contributed by atoms with van der Waals surface area (Å²) in [5.74, 6) is -1.41. The van der Waals surface area contributed by atoms with Crippen molar-refractivity contribution in [1.82, 2.24) is 14.5 Å². The van der Waals surface area contributed by atoms with Crippen LogP contribution in [0.1, 0.15) is 38.2 Å². The highest BCUT2D eigenvalue weighted by Gasteiger charge is 2.33. The molecule has 1 saturated carbocycles. The summed E-state index contributed by atoms with van der Waals surface area (Å²) in [7, 11) is -1.40. The van der Waals surface area contributed by atoms with E-state index >= 15 is 0 Å². The maximum atomic E-state index is 13.6. The highest BCUT2D eigenvalue weighted by molar-refractivity contribution is 7.90. The van der Waals surface area contributed by atoms with Crippen molar-refractivity contribution in [2.45, 2.75) is 51.2 Å². The number of anilines is 1. The molecule has 8 nitrogen and oxygen atoms in total. The van der Waals surface area contributed by atoms with E-state index < -0.39 is 34.5 Å². The molecule has 0 aliphatic heterocycles. The minimum atomic E-state index is -4.10. The third kappa shape index (κ3) is 6.96. The zero-order chi connectivity index (χ0) is 26.5. The van der Waals surface area contributed by atoms with Gasteiger partial charge in [-0.1, -0.05) is 36.6 Å². The summed E-state index contributed by atoms with van der Waals surface area (Å²) in [5, 5.41) is 3.54. The number of amides is 2. The Morgan fingerprint density at radius 3 is 2.19 bits per heavy atom. The van der Waals surface area contributed by atoms with E-state index in [0.29, 0.717) is 5.02 Å². The van der Waals surface area contributed by atoms with Crippen LogP contribution in [0.15, 0.2) is 48.5 Å². The average Bonchev–Trinajstić information content (AvgIpc) is 3.35. The van der Waals surface area contributed by atoms with Crippen LogP contribution in [0.4, 0.5) is 10.1 Å². The predicted molar refractivity (Wildman–Crippen MR) is 138 cm³/mol. The van der Waals surface area contributed by atoms with Gasteiger partial charge >= 0.3 is 10.2 Å². The summed E-state index contributed by atoms with van der Waals surface area (Å²) in [5.41, 5.74) is 0.866. The molecule has 1 atom stereocenters. The second-order valence-electron chi connectivity index (χ2n) is 9.09. The molecule has 2 amide bonds. The lowest BCUT2D eigenvalue weighted by Gasteiger charge is -2.33. The Hall–Kier alpha value is -2.69. The minimum Gasteiger partial charge on any atom is -0.352 e. The van der Waals surface area contributed by atoms with Crippen molar-refractivity contribution in [3.8, 4) is 0 Å². The molecule has 0 spiro atoms. The molecule has 0 heterocycles. The number of carbonyl (C=O) groups excluding carboxylic acids is 2. The second kappa shape index (κ2) is 12.0. The number of hydrogen-bond acceptors (Lipinski definition) is 4. The van der Waals surface area contributed by atoms with Gasteiger partial charge < -0.3 is 10.2 Å². The van der Waals surface area contributed by atoms with Gasteiger partial charge in [-0.25, -0.2) is 8.70 Å². The predicted octanol–water partition coefficient (Wildman–Crippen LogP) is 3.57. The van der Waals surface area contributed by atoms with Gasteiger partial charge in [0.2, 0.25) is 11.8 Å². The van der Waals surface area contributed by atoms with Crippen molar-refractivity contribution in [2.75, 3.05) is 24.9 Å². The molecule has 1 aliphatic rings. The third-order valence-electron chi connectivity index (χ3n) is 6.27. The lowest BCUT2D eigenvalue weighted by molar-refractivity contribution is -0.139. The van der Waals surface area contributed by atoms with Crippen LogP contribution in [-0.2, 0) is 26.3 Å². The first-order valence-electron chi connectivity index (χ1n) is 11.8. The topological polar surface area (TPSA) is 90.0 Å². The summed E-state index contributed by atoms with van der Waals surface area (Å²) in [6.45, 7) is 1.14. The molecule has 0 unspecified atom stereocenters. The highest BCUT2D eigenvalue weighted by Crippen LogP contribution is 2.22. The average molecular weight is 539 g/mol. The Labute approximate surface area is 217 Å². The van der Waals surface area contributed by atoms with Gasteiger partial charge in [-0.15, -0.1) is 0 Å². The standard InChI is InChI=1S/C25H32ClFN4O4S/c1-18(25(33)28-22-6-4-5-7-22)30(16-19-8-10-20(26)11-9-19)24(32)17-31(36(34,35)29(2)3)23-14-12-21(27)13-15-23/h8-15,18,22H,4-7,16-17H2,1-3H3,(H,28,33)/t18-/m0/s1. The van der Waals surface area contributed by atoms with Crippen LogP contribution in [0.2, 0.25) is 5.02 Å². The van der Waals surface area contributed by atoms with E-state index in [1.54, 1.807) is 31.2 Å². The van der Waals surface area contributed by atoms with E-state index in [-0.39, 0.29) is 24.2 Å². The molecule has 2 aromatic rings. The number of rotatable bonds is 10. The normalized spacial score (nSPS) is 15.1. The number of halogens is 2.